The van der Waals surface area contributed by atoms with E-state index in [0.29, 0.717) is 12.4 Å². The van der Waals surface area contributed by atoms with Gasteiger partial charge in [0, 0.05) is 5.75 Å². The smallest absolute Gasteiger partial charge is 0.351 e. The van der Waals surface area contributed by atoms with Crippen molar-refractivity contribution in [1.29, 1.82) is 0 Å². The lowest BCUT2D eigenvalue weighted by Crippen LogP contribution is -2.36. The van der Waals surface area contributed by atoms with E-state index >= 15 is 0 Å². The summed E-state index contributed by atoms with van der Waals surface area (Å²) in [4.78, 5) is 14.9. The van der Waals surface area contributed by atoms with E-state index in [2.05, 4.69) is 4.98 Å². The van der Waals surface area contributed by atoms with Crippen molar-refractivity contribution in [3.05, 3.63) is 22.5 Å². The molecule has 8 heteroatoms. The first kappa shape index (κ1) is 12.3. The summed E-state index contributed by atoms with van der Waals surface area (Å²) in [5, 5.41) is 8.92. The highest BCUT2D eigenvalue weighted by molar-refractivity contribution is 8.00. The summed E-state index contributed by atoms with van der Waals surface area (Å²) in [6.07, 6.45) is 0.424. The maximum Gasteiger partial charge on any atom is 0.351 e. The number of hydrogen-bond acceptors (Lipinski definition) is 6. The number of nitrogen functional groups attached to an aromatic ring is 1. The minimum Gasteiger partial charge on any atom is -0.395 e. The Balaban J connectivity index is 2.19. The minimum atomic E-state index is -0.748. The van der Waals surface area contributed by atoms with Gasteiger partial charge in [-0.15, -0.1) is 11.8 Å². The Hall–Kier alpha value is -1.12. The fraction of sp³-hybridized carbons (Fsp3) is 0.556. The van der Waals surface area contributed by atoms with Crippen molar-refractivity contribution in [2.75, 3.05) is 24.7 Å². The molecule has 1 fully saturated rings. The van der Waals surface area contributed by atoms with Gasteiger partial charge in [-0.2, -0.15) is 4.98 Å². The molecule has 0 amide bonds. The van der Waals surface area contributed by atoms with Crippen LogP contribution in [0, 0.1) is 5.82 Å². The third-order valence-corrected chi connectivity index (χ3v) is 3.63. The van der Waals surface area contributed by atoms with Gasteiger partial charge in [0.15, 0.2) is 11.6 Å². The highest BCUT2D eigenvalue weighted by Crippen LogP contribution is 2.25. The summed E-state index contributed by atoms with van der Waals surface area (Å²) >= 11 is 1.47. The number of anilines is 1. The van der Waals surface area contributed by atoms with Crippen molar-refractivity contribution in [3.63, 3.8) is 0 Å². The van der Waals surface area contributed by atoms with Crippen molar-refractivity contribution in [3.8, 4) is 0 Å². The van der Waals surface area contributed by atoms with Gasteiger partial charge in [-0.1, -0.05) is 0 Å². The third kappa shape index (κ3) is 2.59. The Bertz CT molecular complexity index is 459. The minimum absolute atomic E-state index is 0.00598. The molecule has 17 heavy (non-hydrogen) atoms. The first-order chi connectivity index (χ1) is 8.11. The molecule has 2 rings (SSSR count). The highest BCUT2D eigenvalue weighted by atomic mass is 32.2. The number of nitrogens with two attached hydrogens (primary N) is 1. The van der Waals surface area contributed by atoms with Gasteiger partial charge in [0.1, 0.15) is 6.23 Å². The molecule has 0 aliphatic carbocycles. The molecule has 3 N–H and O–H groups in total. The third-order valence-electron chi connectivity index (χ3n) is 2.40. The van der Waals surface area contributed by atoms with E-state index in [9.17, 15) is 9.18 Å². The van der Waals surface area contributed by atoms with E-state index in [1.54, 1.807) is 0 Å². The summed E-state index contributed by atoms with van der Waals surface area (Å²) in [5.74, 6) is -0.707. The summed E-state index contributed by atoms with van der Waals surface area (Å²) in [6.45, 7) is 0.324. The Morgan fingerprint density at radius 2 is 2.53 bits per heavy atom. The molecule has 2 heterocycles. The van der Waals surface area contributed by atoms with Gasteiger partial charge in [-0.05, 0) is 0 Å². The molecule has 94 valence electrons. The van der Waals surface area contributed by atoms with Gasteiger partial charge in [0.05, 0.1) is 24.7 Å². The molecule has 0 bridgehead atoms. The molecular weight excluding hydrogens is 249 g/mol. The van der Waals surface area contributed by atoms with E-state index in [1.165, 1.54) is 11.8 Å². The normalized spacial score (nSPS) is 24.8. The van der Waals surface area contributed by atoms with Crippen LogP contribution in [0.4, 0.5) is 10.2 Å². The number of rotatable bonds is 2. The van der Waals surface area contributed by atoms with Crippen molar-refractivity contribution in [1.82, 2.24) is 9.55 Å². The second-order valence-corrected chi connectivity index (χ2v) is 4.92. The van der Waals surface area contributed by atoms with Gasteiger partial charge in [0.25, 0.3) is 0 Å². The van der Waals surface area contributed by atoms with Crippen LogP contribution in [0.15, 0.2) is 11.0 Å². The zero-order valence-corrected chi connectivity index (χ0v) is 9.69. The zero-order chi connectivity index (χ0) is 12.4. The Kier molecular flexibility index (Phi) is 3.65. The van der Waals surface area contributed by atoms with Crippen LogP contribution in [-0.2, 0) is 4.74 Å². The van der Waals surface area contributed by atoms with Gasteiger partial charge >= 0.3 is 5.69 Å². The Morgan fingerprint density at radius 1 is 1.76 bits per heavy atom. The number of nitrogens with zero attached hydrogens (tertiary/aromatic N) is 2. The van der Waals surface area contributed by atoms with E-state index < -0.39 is 23.6 Å². The lowest BCUT2D eigenvalue weighted by molar-refractivity contribution is 0.00429. The molecule has 1 aromatic heterocycles. The molecular formula is C9H12FN3O3S. The maximum absolute atomic E-state index is 13.2. The van der Waals surface area contributed by atoms with Crippen LogP contribution in [0.3, 0.4) is 0 Å². The lowest BCUT2D eigenvalue weighted by Gasteiger charge is -2.28. The van der Waals surface area contributed by atoms with Crippen molar-refractivity contribution >= 4 is 17.6 Å². The predicted molar refractivity (Wildman–Crippen MR) is 61.2 cm³/mol. The van der Waals surface area contributed by atoms with Gasteiger partial charge in [-0.3, -0.25) is 4.57 Å². The number of thioether (sulfide) groups is 1. The Morgan fingerprint density at radius 3 is 3.12 bits per heavy atom. The number of aliphatic hydroxyl groups excluding tert-OH is 1. The first-order valence-electron chi connectivity index (χ1n) is 5.00. The topological polar surface area (TPSA) is 90.4 Å². The van der Waals surface area contributed by atoms with Crippen LogP contribution in [0.25, 0.3) is 0 Å². The molecule has 2 atom stereocenters. The number of ether oxygens (including phenoxy) is 1. The second-order valence-electron chi connectivity index (χ2n) is 3.59. The fourth-order valence-corrected chi connectivity index (χ4v) is 2.44. The molecule has 1 aliphatic rings. The van der Waals surface area contributed by atoms with Crippen LogP contribution >= 0.6 is 11.8 Å². The van der Waals surface area contributed by atoms with Crippen molar-refractivity contribution in [2.24, 2.45) is 0 Å². The molecule has 0 saturated carbocycles. The summed E-state index contributed by atoms with van der Waals surface area (Å²) in [5.41, 5.74) is 4.54. The van der Waals surface area contributed by atoms with Crippen LogP contribution in [0.5, 0.6) is 0 Å². The second kappa shape index (κ2) is 5.03. The van der Waals surface area contributed by atoms with E-state index in [0.717, 1.165) is 10.8 Å². The Labute approximate surface area is 101 Å². The molecule has 1 saturated heterocycles. The van der Waals surface area contributed by atoms with E-state index in [-0.39, 0.29) is 11.9 Å². The predicted octanol–water partition coefficient (Wildman–Crippen LogP) is -0.413. The quantitative estimate of drug-likeness (QED) is 0.752. The summed E-state index contributed by atoms with van der Waals surface area (Å²) < 4.78 is 19.7. The first-order valence-corrected chi connectivity index (χ1v) is 6.05. The van der Waals surface area contributed by atoms with Crippen molar-refractivity contribution in [2.45, 2.75) is 11.5 Å². The molecule has 0 radical (unpaired) electrons. The monoisotopic (exact) mass is 261 g/mol. The number of aromatic nitrogens is 2. The van der Waals surface area contributed by atoms with Crippen molar-refractivity contribution < 1.29 is 14.2 Å². The zero-order valence-electron chi connectivity index (χ0n) is 8.88. The number of hydrogen-bond donors (Lipinski definition) is 2. The summed E-state index contributed by atoms with van der Waals surface area (Å²) in [7, 11) is 0. The largest absolute Gasteiger partial charge is 0.395 e. The van der Waals surface area contributed by atoms with Crippen LogP contribution in [0.1, 0.15) is 6.23 Å². The van der Waals surface area contributed by atoms with Crippen LogP contribution < -0.4 is 11.4 Å². The fourth-order valence-electron chi connectivity index (χ4n) is 1.46. The van der Waals surface area contributed by atoms with Gasteiger partial charge < -0.3 is 15.6 Å². The molecule has 2 unspecified atom stereocenters. The molecule has 0 aromatic carbocycles. The average molecular weight is 261 g/mol. The standard InChI is InChI=1S/C9H12FN3O3S/c10-6-1-13(9(15)12-8(6)11)7-4-17-5(2-14)3-16-7/h1,5,7,14H,2-4H2,(H2,11,12,15). The average Bonchev–Trinajstić information content (AvgIpc) is 2.34. The molecule has 6 nitrogen and oxygen atoms in total. The number of halogens is 1. The SMILES string of the molecule is Nc1nc(=O)n(C2CSC(CO)CO2)cc1F. The van der Waals surface area contributed by atoms with Gasteiger partial charge in [-0.25, -0.2) is 9.18 Å². The summed E-state index contributed by atoms with van der Waals surface area (Å²) in [6, 6.07) is 0. The molecule has 1 aromatic rings. The van der Waals surface area contributed by atoms with Crippen LogP contribution in [0.2, 0.25) is 0 Å². The molecule has 1 aliphatic heterocycles. The molecule has 0 spiro atoms. The lowest BCUT2D eigenvalue weighted by atomic mass is 10.4. The van der Waals surface area contributed by atoms with Crippen LogP contribution in [-0.4, -0.2) is 38.9 Å². The van der Waals surface area contributed by atoms with E-state index in [1.807, 2.05) is 0 Å². The maximum atomic E-state index is 13.2. The van der Waals surface area contributed by atoms with E-state index in [4.69, 9.17) is 15.6 Å². The number of aliphatic hydroxyl groups is 1. The van der Waals surface area contributed by atoms with Gasteiger partial charge in [0.2, 0.25) is 0 Å². The highest BCUT2D eigenvalue weighted by Gasteiger charge is 2.24.